The van der Waals surface area contributed by atoms with Gasteiger partial charge in [-0.2, -0.15) is 4.58 Å². The summed E-state index contributed by atoms with van der Waals surface area (Å²) >= 11 is 0. The van der Waals surface area contributed by atoms with Crippen molar-refractivity contribution in [1.82, 2.24) is 0 Å². The molecule has 0 fully saturated rings. The third-order valence-corrected chi connectivity index (χ3v) is 5.75. The minimum Gasteiger partial charge on any atom is -0.507 e. The molecule has 1 heterocycles. The van der Waals surface area contributed by atoms with Gasteiger partial charge in [-0.3, -0.25) is 12.9 Å². The van der Waals surface area contributed by atoms with Crippen molar-refractivity contribution >= 4 is 30.7 Å². The molecule has 0 spiro atoms. The molecule has 166 valence electrons. The number of fused-ring (bicyclic) bond motifs is 1. The van der Waals surface area contributed by atoms with Crippen LogP contribution in [0, 0.1) is 6.92 Å². The number of aromatic hydroxyl groups is 1. The van der Waals surface area contributed by atoms with Gasteiger partial charge < -0.3 is 10.0 Å². The SMILES string of the molecule is CCN(CC)c1ccc(C=CC2=[N+](C)c3ccc(C)cc3C2(C)C)c(O)c1.FB(F)F. The van der Waals surface area contributed by atoms with Crippen LogP contribution in [0.4, 0.5) is 24.3 Å². The smallest absolute Gasteiger partial charge is 0.507 e. The highest BCUT2D eigenvalue weighted by atomic mass is 19.4. The molecule has 0 unspecified atom stereocenters. The zero-order chi connectivity index (χ0) is 23.3. The van der Waals surface area contributed by atoms with Crippen LogP contribution in [0.2, 0.25) is 0 Å². The lowest BCUT2D eigenvalue weighted by molar-refractivity contribution is -0.401. The Morgan fingerprint density at radius 1 is 1.03 bits per heavy atom. The van der Waals surface area contributed by atoms with E-state index in [1.807, 2.05) is 18.2 Å². The Morgan fingerprint density at radius 3 is 2.19 bits per heavy atom. The van der Waals surface area contributed by atoms with Crippen molar-refractivity contribution in [3.05, 3.63) is 59.2 Å². The van der Waals surface area contributed by atoms with Crippen LogP contribution in [-0.2, 0) is 5.41 Å². The summed E-state index contributed by atoms with van der Waals surface area (Å²) in [5.74, 6) is 0.322. The molecule has 0 atom stereocenters. The van der Waals surface area contributed by atoms with Crippen molar-refractivity contribution in [3.63, 3.8) is 0 Å². The first-order valence-corrected chi connectivity index (χ1v) is 10.4. The van der Waals surface area contributed by atoms with Crippen LogP contribution >= 0.6 is 0 Å². The topological polar surface area (TPSA) is 26.5 Å². The van der Waals surface area contributed by atoms with E-state index in [-0.39, 0.29) is 5.41 Å². The van der Waals surface area contributed by atoms with E-state index in [1.165, 1.54) is 22.5 Å². The number of phenols is 1. The average molecular weight is 431 g/mol. The predicted molar refractivity (Wildman–Crippen MR) is 125 cm³/mol. The molecule has 3 nitrogen and oxygen atoms in total. The lowest BCUT2D eigenvalue weighted by Crippen LogP contribution is -2.26. The third kappa shape index (κ3) is 5.52. The van der Waals surface area contributed by atoms with E-state index in [2.05, 4.69) is 81.5 Å². The van der Waals surface area contributed by atoms with Crippen molar-refractivity contribution in [2.75, 3.05) is 25.0 Å². The number of phenolic OH excluding ortho intramolecular Hbond substituents is 1. The lowest BCUT2D eigenvalue weighted by Gasteiger charge is -2.21. The molecule has 0 radical (unpaired) electrons. The number of anilines is 1. The van der Waals surface area contributed by atoms with E-state index < -0.39 is 7.54 Å². The molecule has 3 rings (SSSR count). The van der Waals surface area contributed by atoms with Crippen molar-refractivity contribution in [2.45, 2.75) is 40.0 Å². The fourth-order valence-corrected chi connectivity index (χ4v) is 4.08. The molecule has 7 heteroatoms. The Bertz CT molecular complexity index is 980. The van der Waals surface area contributed by atoms with Gasteiger partial charge in [0.15, 0.2) is 5.71 Å². The predicted octanol–water partition coefficient (Wildman–Crippen LogP) is 6.15. The highest BCUT2D eigenvalue weighted by Crippen LogP contribution is 2.40. The maximum atomic E-state index is 10.5. The Labute approximate surface area is 183 Å². The quantitative estimate of drug-likeness (QED) is 0.454. The van der Waals surface area contributed by atoms with Gasteiger partial charge in [0, 0.05) is 48.1 Å². The third-order valence-electron chi connectivity index (χ3n) is 5.75. The van der Waals surface area contributed by atoms with E-state index in [0.29, 0.717) is 5.75 Å². The van der Waals surface area contributed by atoms with Crippen molar-refractivity contribution in [1.29, 1.82) is 0 Å². The molecule has 1 aliphatic rings. The maximum Gasteiger partial charge on any atom is 0.762 e. The van der Waals surface area contributed by atoms with E-state index in [0.717, 1.165) is 24.3 Å². The van der Waals surface area contributed by atoms with Crippen LogP contribution in [0.25, 0.3) is 6.08 Å². The van der Waals surface area contributed by atoms with Gasteiger partial charge in [0.2, 0.25) is 5.69 Å². The molecule has 2 aromatic rings. The van der Waals surface area contributed by atoms with Crippen LogP contribution in [0.5, 0.6) is 5.75 Å². The van der Waals surface area contributed by atoms with Gasteiger partial charge in [-0.1, -0.05) is 11.6 Å². The zero-order valence-electron chi connectivity index (χ0n) is 19.1. The van der Waals surface area contributed by atoms with Crippen LogP contribution in [0.15, 0.2) is 42.5 Å². The highest BCUT2D eigenvalue weighted by molar-refractivity contribution is 6.33. The standard InChI is InChI=1S/C24H30N2O.BF3/c1-7-26(8-2)19-12-10-18(22(27)16-19)11-14-23-24(4,5)20-15-17(3)9-13-21(20)25(23)6;2-1(3)4/h9-16H,7-8H2,1-6H3;/p+1. The summed E-state index contributed by atoms with van der Waals surface area (Å²) in [6, 6.07) is 12.6. The summed E-state index contributed by atoms with van der Waals surface area (Å²) in [5.41, 5.74) is 6.96. The second-order valence-electron chi connectivity index (χ2n) is 8.09. The molecule has 0 amide bonds. The van der Waals surface area contributed by atoms with E-state index >= 15 is 0 Å². The molecule has 31 heavy (non-hydrogen) atoms. The van der Waals surface area contributed by atoms with Gasteiger partial charge >= 0.3 is 7.54 Å². The Hall–Kier alpha value is -2.70. The Morgan fingerprint density at radius 2 is 1.65 bits per heavy atom. The van der Waals surface area contributed by atoms with Gasteiger partial charge in [0.05, 0.1) is 5.41 Å². The summed E-state index contributed by atoms with van der Waals surface area (Å²) in [6.07, 6.45) is 4.16. The van der Waals surface area contributed by atoms with Crippen LogP contribution < -0.4 is 4.90 Å². The first-order valence-electron chi connectivity index (χ1n) is 10.4. The van der Waals surface area contributed by atoms with E-state index in [9.17, 15) is 18.1 Å². The Kier molecular flexibility index (Phi) is 7.99. The molecule has 1 aliphatic heterocycles. The second kappa shape index (κ2) is 10.1. The highest BCUT2D eigenvalue weighted by Gasteiger charge is 2.42. The minimum absolute atomic E-state index is 0.0661. The van der Waals surface area contributed by atoms with Crippen LogP contribution in [0.1, 0.15) is 44.4 Å². The molecule has 0 saturated carbocycles. The monoisotopic (exact) mass is 431 g/mol. The van der Waals surface area contributed by atoms with E-state index in [4.69, 9.17) is 0 Å². The normalized spacial score (nSPS) is 14.4. The Balaban J connectivity index is 0.000000785. The van der Waals surface area contributed by atoms with Gasteiger partial charge in [0.1, 0.15) is 12.8 Å². The van der Waals surface area contributed by atoms with Gasteiger partial charge in [0.25, 0.3) is 0 Å². The number of nitrogens with zero attached hydrogens (tertiary/aromatic N) is 2. The molecule has 0 aliphatic carbocycles. The summed E-state index contributed by atoms with van der Waals surface area (Å²) in [7, 11) is -1.55. The second-order valence-corrected chi connectivity index (χ2v) is 8.09. The number of hydrogen-bond acceptors (Lipinski definition) is 2. The fourth-order valence-electron chi connectivity index (χ4n) is 4.08. The lowest BCUT2D eigenvalue weighted by atomic mass is 9.81. The van der Waals surface area contributed by atoms with Gasteiger partial charge in [-0.05, 0) is 58.9 Å². The van der Waals surface area contributed by atoms with Crippen molar-refractivity contribution in [3.8, 4) is 5.75 Å². The molecular weight excluding hydrogens is 400 g/mol. The number of rotatable bonds is 5. The van der Waals surface area contributed by atoms with Crippen molar-refractivity contribution in [2.24, 2.45) is 0 Å². The molecule has 2 aromatic carbocycles. The molecular formula is C24H31BF3N2O+. The molecule has 0 aromatic heterocycles. The summed E-state index contributed by atoms with van der Waals surface area (Å²) < 4.78 is 31.3. The zero-order valence-corrected chi connectivity index (χ0v) is 19.1. The van der Waals surface area contributed by atoms with E-state index in [1.54, 1.807) is 0 Å². The number of aryl methyl sites for hydroxylation is 1. The molecule has 0 saturated heterocycles. The van der Waals surface area contributed by atoms with Crippen molar-refractivity contribution < 1.29 is 22.6 Å². The van der Waals surface area contributed by atoms with Gasteiger partial charge in [-0.25, -0.2) is 0 Å². The first kappa shape index (κ1) is 24.6. The fraction of sp³-hybridized carbons (Fsp3) is 0.375. The number of benzene rings is 2. The van der Waals surface area contributed by atoms with Crippen LogP contribution in [-0.4, -0.2) is 43.1 Å². The minimum atomic E-state index is -3.67. The summed E-state index contributed by atoms with van der Waals surface area (Å²) in [6.45, 7) is 12.8. The summed E-state index contributed by atoms with van der Waals surface area (Å²) in [4.78, 5) is 2.23. The maximum absolute atomic E-state index is 10.5. The molecule has 0 bridgehead atoms. The van der Waals surface area contributed by atoms with Gasteiger partial charge in [-0.15, -0.1) is 0 Å². The largest absolute Gasteiger partial charge is 0.762 e. The molecule has 1 N–H and O–H groups in total. The summed E-state index contributed by atoms with van der Waals surface area (Å²) in [5, 5.41) is 10.5. The average Bonchev–Trinajstić information content (AvgIpc) is 2.87. The first-order chi connectivity index (χ1) is 14.5. The number of allylic oxidation sites excluding steroid dienone is 1. The number of halogens is 3. The van der Waals surface area contributed by atoms with Crippen LogP contribution in [0.3, 0.4) is 0 Å². The number of hydrogen-bond donors (Lipinski definition) is 1.